The lowest BCUT2D eigenvalue weighted by molar-refractivity contribution is 0.308. The zero-order chi connectivity index (χ0) is 11.8. The Balaban J connectivity index is 2.29. The van der Waals surface area contributed by atoms with Crippen LogP contribution in [0.4, 0.5) is 0 Å². The Bertz CT molecular complexity index is 469. The summed E-state index contributed by atoms with van der Waals surface area (Å²) < 4.78 is 27.2. The fourth-order valence-corrected chi connectivity index (χ4v) is 3.33. The van der Waals surface area contributed by atoms with E-state index in [1.165, 1.54) is 15.2 Å². The number of sulfonamides is 1. The molecule has 16 heavy (non-hydrogen) atoms. The van der Waals surface area contributed by atoms with Gasteiger partial charge in [-0.2, -0.15) is 4.31 Å². The van der Waals surface area contributed by atoms with Crippen LogP contribution in [0.2, 0.25) is 0 Å². The number of aromatic nitrogens is 3. The molecule has 7 nitrogen and oxygen atoms in total. The Morgan fingerprint density at radius 1 is 1.56 bits per heavy atom. The second kappa shape index (κ2) is 4.11. The molecule has 0 amide bonds. The third-order valence-corrected chi connectivity index (χ3v) is 4.52. The molecular formula is C8H15N5O2S. The number of hydrogen-bond donors (Lipinski definition) is 1. The maximum Gasteiger partial charge on any atom is 0.261 e. The molecule has 1 aliphatic heterocycles. The molecule has 1 fully saturated rings. The van der Waals surface area contributed by atoms with Gasteiger partial charge in [-0.05, 0) is 6.92 Å². The summed E-state index contributed by atoms with van der Waals surface area (Å²) >= 11 is 0. The van der Waals surface area contributed by atoms with Gasteiger partial charge in [0.05, 0.1) is 6.20 Å². The van der Waals surface area contributed by atoms with Crippen LogP contribution < -0.4 is 5.32 Å². The van der Waals surface area contributed by atoms with Crippen LogP contribution in [-0.4, -0.2) is 53.4 Å². The smallest absolute Gasteiger partial charge is 0.261 e. The van der Waals surface area contributed by atoms with Crippen molar-refractivity contribution in [3.8, 4) is 0 Å². The molecule has 0 aromatic carbocycles. The number of aryl methyl sites for hydroxylation is 1. The third-order valence-electron chi connectivity index (χ3n) is 2.61. The molecule has 1 aromatic rings. The van der Waals surface area contributed by atoms with Gasteiger partial charge in [-0.1, -0.05) is 5.21 Å². The van der Waals surface area contributed by atoms with Crippen molar-refractivity contribution in [1.29, 1.82) is 0 Å². The lowest BCUT2D eigenvalue weighted by Crippen LogP contribution is -2.51. The highest BCUT2D eigenvalue weighted by molar-refractivity contribution is 7.89. The summed E-state index contributed by atoms with van der Waals surface area (Å²) in [6.45, 7) is 3.60. The molecular weight excluding hydrogens is 230 g/mol. The van der Waals surface area contributed by atoms with Gasteiger partial charge in [0, 0.05) is 32.7 Å². The Hall–Kier alpha value is -0.990. The van der Waals surface area contributed by atoms with Crippen molar-refractivity contribution in [3.05, 3.63) is 6.20 Å². The summed E-state index contributed by atoms with van der Waals surface area (Å²) in [6.07, 6.45) is 1.28. The second-order valence-corrected chi connectivity index (χ2v) is 5.80. The van der Waals surface area contributed by atoms with E-state index in [1.807, 2.05) is 6.92 Å². The zero-order valence-electron chi connectivity index (χ0n) is 9.29. The van der Waals surface area contributed by atoms with Crippen molar-refractivity contribution in [3.63, 3.8) is 0 Å². The highest BCUT2D eigenvalue weighted by Crippen LogP contribution is 2.14. The molecule has 2 rings (SSSR count). The minimum Gasteiger partial charge on any atom is -0.312 e. The van der Waals surface area contributed by atoms with Crippen molar-refractivity contribution in [2.75, 3.05) is 19.6 Å². The monoisotopic (exact) mass is 245 g/mol. The largest absolute Gasteiger partial charge is 0.312 e. The van der Waals surface area contributed by atoms with Crippen LogP contribution in [0, 0.1) is 0 Å². The molecule has 0 radical (unpaired) electrons. The molecule has 2 heterocycles. The van der Waals surface area contributed by atoms with Gasteiger partial charge in [0.15, 0.2) is 5.03 Å². The number of rotatable bonds is 2. The minimum atomic E-state index is -3.45. The van der Waals surface area contributed by atoms with Crippen LogP contribution in [0.5, 0.6) is 0 Å². The van der Waals surface area contributed by atoms with Crippen LogP contribution >= 0.6 is 0 Å². The summed E-state index contributed by atoms with van der Waals surface area (Å²) in [7, 11) is -1.88. The lowest BCUT2D eigenvalue weighted by Gasteiger charge is -2.30. The first kappa shape index (κ1) is 11.5. The number of nitrogens with one attached hydrogen (secondary N) is 1. The molecule has 8 heteroatoms. The summed E-state index contributed by atoms with van der Waals surface area (Å²) in [4.78, 5) is 0. The Morgan fingerprint density at radius 2 is 2.31 bits per heavy atom. The van der Waals surface area contributed by atoms with Gasteiger partial charge in [0.2, 0.25) is 0 Å². The van der Waals surface area contributed by atoms with Gasteiger partial charge in [0.25, 0.3) is 10.0 Å². The van der Waals surface area contributed by atoms with Gasteiger partial charge >= 0.3 is 0 Å². The van der Waals surface area contributed by atoms with Gasteiger partial charge in [-0.15, -0.1) is 5.10 Å². The predicted octanol–water partition coefficient (Wildman–Crippen LogP) is -1.20. The fourth-order valence-electron chi connectivity index (χ4n) is 1.76. The second-order valence-electron chi connectivity index (χ2n) is 3.91. The molecule has 90 valence electrons. The van der Waals surface area contributed by atoms with E-state index in [2.05, 4.69) is 15.6 Å². The van der Waals surface area contributed by atoms with Crippen LogP contribution in [0.3, 0.4) is 0 Å². The van der Waals surface area contributed by atoms with Gasteiger partial charge in [0.1, 0.15) is 0 Å². The Labute approximate surface area is 94.5 Å². The maximum absolute atomic E-state index is 12.2. The van der Waals surface area contributed by atoms with E-state index in [4.69, 9.17) is 0 Å². The predicted molar refractivity (Wildman–Crippen MR) is 57.2 cm³/mol. The van der Waals surface area contributed by atoms with Crippen LogP contribution in [-0.2, 0) is 17.1 Å². The number of nitrogens with zero attached hydrogens (tertiary/aromatic N) is 4. The van der Waals surface area contributed by atoms with Gasteiger partial charge in [-0.25, -0.2) is 13.1 Å². The summed E-state index contributed by atoms with van der Waals surface area (Å²) in [5.74, 6) is 0. The van der Waals surface area contributed by atoms with E-state index in [1.54, 1.807) is 7.05 Å². The molecule has 0 bridgehead atoms. The van der Waals surface area contributed by atoms with Crippen molar-refractivity contribution < 1.29 is 8.42 Å². The third kappa shape index (κ3) is 1.95. The molecule has 1 aliphatic rings. The average molecular weight is 245 g/mol. The van der Waals surface area contributed by atoms with E-state index in [-0.39, 0.29) is 11.1 Å². The molecule has 0 saturated carbocycles. The first-order chi connectivity index (χ1) is 7.51. The zero-order valence-corrected chi connectivity index (χ0v) is 10.1. The first-order valence-electron chi connectivity index (χ1n) is 5.10. The average Bonchev–Trinajstić information content (AvgIpc) is 2.65. The Kier molecular flexibility index (Phi) is 2.96. The van der Waals surface area contributed by atoms with Crippen molar-refractivity contribution in [2.24, 2.45) is 7.05 Å². The molecule has 1 N–H and O–H groups in total. The highest BCUT2D eigenvalue weighted by atomic mass is 32.2. The molecule has 1 unspecified atom stereocenters. The summed E-state index contributed by atoms with van der Waals surface area (Å²) in [6, 6.07) is 0.171. The number of hydrogen-bond acceptors (Lipinski definition) is 5. The fraction of sp³-hybridized carbons (Fsp3) is 0.750. The Morgan fingerprint density at radius 3 is 2.88 bits per heavy atom. The lowest BCUT2D eigenvalue weighted by atomic mass is 10.3. The molecule has 0 spiro atoms. The molecule has 1 aromatic heterocycles. The topological polar surface area (TPSA) is 80.1 Å². The van der Waals surface area contributed by atoms with Crippen molar-refractivity contribution in [1.82, 2.24) is 24.6 Å². The standard InChI is InChI=1S/C8H15N5O2S/c1-7-6-13(4-3-9-7)16(14,15)8-5-10-11-12(8)2/h5,7,9H,3-4,6H2,1-2H3. The van der Waals surface area contributed by atoms with Gasteiger partial charge < -0.3 is 5.32 Å². The quantitative estimate of drug-likeness (QED) is 0.708. The minimum absolute atomic E-state index is 0.140. The van der Waals surface area contributed by atoms with Gasteiger partial charge in [-0.3, -0.25) is 0 Å². The van der Waals surface area contributed by atoms with E-state index in [9.17, 15) is 8.42 Å². The van der Waals surface area contributed by atoms with E-state index in [0.29, 0.717) is 19.6 Å². The van der Waals surface area contributed by atoms with E-state index < -0.39 is 10.0 Å². The molecule has 0 aliphatic carbocycles. The van der Waals surface area contributed by atoms with Crippen LogP contribution in [0.25, 0.3) is 0 Å². The van der Waals surface area contributed by atoms with E-state index >= 15 is 0 Å². The first-order valence-corrected chi connectivity index (χ1v) is 6.54. The normalized spacial score (nSPS) is 23.5. The van der Waals surface area contributed by atoms with Crippen molar-refractivity contribution in [2.45, 2.75) is 18.0 Å². The van der Waals surface area contributed by atoms with Crippen molar-refractivity contribution >= 4 is 10.0 Å². The van der Waals surface area contributed by atoms with Crippen LogP contribution in [0.15, 0.2) is 11.2 Å². The SMILES string of the molecule is CC1CN(S(=O)(=O)c2cnnn2C)CCN1. The van der Waals surface area contributed by atoms with E-state index in [0.717, 1.165) is 0 Å². The summed E-state index contributed by atoms with van der Waals surface area (Å²) in [5.41, 5.74) is 0. The summed E-state index contributed by atoms with van der Waals surface area (Å²) in [5, 5.41) is 10.6. The maximum atomic E-state index is 12.2. The van der Waals surface area contributed by atoms with Crippen LogP contribution in [0.1, 0.15) is 6.92 Å². The molecule has 1 saturated heterocycles. The number of piperazine rings is 1. The highest BCUT2D eigenvalue weighted by Gasteiger charge is 2.30. The molecule has 1 atom stereocenters.